The molecule has 0 radical (unpaired) electrons. The van der Waals surface area contributed by atoms with Crippen LogP contribution in [-0.4, -0.2) is 63.8 Å². The molecule has 1 unspecified atom stereocenters. The second kappa shape index (κ2) is 10.3. The van der Waals surface area contributed by atoms with Crippen LogP contribution in [0.4, 0.5) is 4.39 Å². The Labute approximate surface area is 144 Å². The Kier molecular flexibility index (Phi) is 7.98. The minimum absolute atomic E-state index is 0.188. The Hall–Kier alpha value is -1.66. The molecule has 1 heterocycles. The number of hydrogen-bond donors (Lipinski definition) is 2. The van der Waals surface area contributed by atoms with Gasteiger partial charge in [-0.15, -0.1) is 0 Å². The molecule has 134 valence electrons. The van der Waals surface area contributed by atoms with Crippen molar-refractivity contribution in [1.29, 1.82) is 0 Å². The average Bonchev–Trinajstić information content (AvgIpc) is 3.03. The summed E-state index contributed by atoms with van der Waals surface area (Å²) in [7, 11) is 3.52. The zero-order valence-electron chi connectivity index (χ0n) is 14.7. The molecule has 1 fully saturated rings. The first kappa shape index (κ1) is 18.7. The number of ether oxygens (including phenoxy) is 1. The maximum atomic E-state index is 13.2. The van der Waals surface area contributed by atoms with Crippen LogP contribution in [-0.2, 0) is 11.2 Å². The van der Waals surface area contributed by atoms with Gasteiger partial charge in [0.25, 0.3) is 0 Å². The second-order valence-corrected chi connectivity index (χ2v) is 6.08. The van der Waals surface area contributed by atoms with Gasteiger partial charge in [-0.2, -0.15) is 0 Å². The molecule has 0 amide bonds. The first-order chi connectivity index (χ1) is 11.7. The van der Waals surface area contributed by atoms with Crippen molar-refractivity contribution in [2.24, 2.45) is 4.99 Å². The van der Waals surface area contributed by atoms with Gasteiger partial charge in [0.2, 0.25) is 0 Å². The molecule has 24 heavy (non-hydrogen) atoms. The van der Waals surface area contributed by atoms with Gasteiger partial charge in [0.15, 0.2) is 5.96 Å². The van der Waals surface area contributed by atoms with E-state index in [4.69, 9.17) is 4.74 Å². The van der Waals surface area contributed by atoms with Crippen molar-refractivity contribution in [1.82, 2.24) is 15.5 Å². The normalized spacial score (nSPS) is 18.8. The Balaban J connectivity index is 1.70. The highest BCUT2D eigenvalue weighted by molar-refractivity contribution is 5.79. The Morgan fingerprint density at radius 1 is 1.42 bits per heavy atom. The fourth-order valence-electron chi connectivity index (χ4n) is 3.08. The maximum absolute atomic E-state index is 13.2. The van der Waals surface area contributed by atoms with E-state index in [-0.39, 0.29) is 5.82 Å². The molecule has 2 N–H and O–H groups in total. The predicted octanol–water partition coefficient (Wildman–Crippen LogP) is 1.64. The Morgan fingerprint density at radius 3 is 3.04 bits per heavy atom. The van der Waals surface area contributed by atoms with Crippen LogP contribution < -0.4 is 10.6 Å². The van der Waals surface area contributed by atoms with E-state index in [0.717, 1.165) is 50.7 Å². The highest BCUT2D eigenvalue weighted by atomic mass is 19.1. The average molecular weight is 336 g/mol. The molecule has 1 atom stereocenters. The van der Waals surface area contributed by atoms with Crippen molar-refractivity contribution in [3.63, 3.8) is 0 Å². The number of halogens is 1. The second-order valence-electron chi connectivity index (χ2n) is 6.08. The number of hydrogen-bond acceptors (Lipinski definition) is 3. The lowest BCUT2D eigenvalue weighted by Crippen LogP contribution is -2.45. The largest absolute Gasteiger partial charge is 0.383 e. The standard InChI is InChI=1S/C18H29FN4O/c1-20-18(21-9-8-15-5-3-6-16(19)13-15)22-14-17-7-4-10-23(17)11-12-24-2/h3,5-6,13,17H,4,7-12,14H2,1-2H3,(H2,20,21,22). The maximum Gasteiger partial charge on any atom is 0.191 e. The minimum Gasteiger partial charge on any atom is -0.383 e. The van der Waals surface area contributed by atoms with E-state index in [9.17, 15) is 4.39 Å². The number of methoxy groups -OCH3 is 1. The van der Waals surface area contributed by atoms with E-state index in [2.05, 4.69) is 20.5 Å². The minimum atomic E-state index is -0.188. The van der Waals surface area contributed by atoms with Gasteiger partial charge < -0.3 is 15.4 Å². The van der Waals surface area contributed by atoms with Crippen LogP contribution in [0.3, 0.4) is 0 Å². The van der Waals surface area contributed by atoms with E-state index in [1.54, 1.807) is 26.3 Å². The molecule has 1 aliphatic heterocycles. The van der Waals surface area contributed by atoms with E-state index >= 15 is 0 Å². The molecule has 1 saturated heterocycles. The molecule has 1 aromatic rings. The van der Waals surface area contributed by atoms with Crippen molar-refractivity contribution in [3.8, 4) is 0 Å². The Morgan fingerprint density at radius 2 is 2.29 bits per heavy atom. The van der Waals surface area contributed by atoms with Crippen molar-refractivity contribution in [2.45, 2.75) is 25.3 Å². The monoisotopic (exact) mass is 336 g/mol. The van der Waals surface area contributed by atoms with E-state index in [1.165, 1.54) is 18.9 Å². The topological polar surface area (TPSA) is 48.9 Å². The van der Waals surface area contributed by atoms with Crippen molar-refractivity contribution >= 4 is 5.96 Å². The zero-order valence-corrected chi connectivity index (χ0v) is 14.7. The number of aliphatic imine (C=N–C) groups is 1. The molecule has 6 heteroatoms. The lowest BCUT2D eigenvalue weighted by molar-refractivity contribution is 0.141. The molecular weight excluding hydrogens is 307 g/mol. The first-order valence-corrected chi connectivity index (χ1v) is 8.65. The summed E-state index contributed by atoms with van der Waals surface area (Å²) in [5, 5.41) is 6.69. The van der Waals surface area contributed by atoms with E-state index in [1.807, 2.05) is 6.07 Å². The van der Waals surface area contributed by atoms with Gasteiger partial charge in [0.1, 0.15) is 5.82 Å². The van der Waals surface area contributed by atoms with Crippen LogP contribution in [0.2, 0.25) is 0 Å². The van der Waals surface area contributed by atoms with Gasteiger partial charge in [-0.3, -0.25) is 9.89 Å². The smallest absolute Gasteiger partial charge is 0.191 e. The van der Waals surface area contributed by atoms with Crippen LogP contribution in [0.15, 0.2) is 29.3 Å². The lowest BCUT2D eigenvalue weighted by atomic mass is 10.1. The number of rotatable bonds is 8. The van der Waals surface area contributed by atoms with E-state index in [0.29, 0.717) is 6.04 Å². The summed E-state index contributed by atoms with van der Waals surface area (Å²) in [4.78, 5) is 6.73. The van der Waals surface area contributed by atoms with Gasteiger partial charge >= 0.3 is 0 Å². The fourth-order valence-corrected chi connectivity index (χ4v) is 3.08. The van der Waals surface area contributed by atoms with Gasteiger partial charge in [0.05, 0.1) is 6.61 Å². The molecule has 0 aliphatic carbocycles. The summed E-state index contributed by atoms with van der Waals surface area (Å²) >= 11 is 0. The summed E-state index contributed by atoms with van der Waals surface area (Å²) in [5.74, 6) is 0.609. The third kappa shape index (κ3) is 6.09. The van der Waals surface area contributed by atoms with E-state index < -0.39 is 0 Å². The Bertz CT molecular complexity index is 523. The number of nitrogens with zero attached hydrogens (tertiary/aromatic N) is 2. The lowest BCUT2D eigenvalue weighted by Gasteiger charge is -2.25. The summed E-state index contributed by atoms with van der Waals surface area (Å²) in [6.07, 6.45) is 3.21. The number of benzene rings is 1. The van der Waals surface area contributed by atoms with Crippen LogP contribution in [0, 0.1) is 5.82 Å². The van der Waals surface area contributed by atoms with Crippen molar-refractivity contribution in [2.75, 3.05) is 46.9 Å². The number of guanidine groups is 1. The summed E-state index contributed by atoms with van der Waals surface area (Å²) in [5.41, 5.74) is 0.986. The van der Waals surface area contributed by atoms with Gasteiger partial charge in [-0.05, 0) is 43.5 Å². The molecule has 0 spiro atoms. The molecular formula is C18H29FN4O. The van der Waals surface area contributed by atoms with Crippen LogP contribution >= 0.6 is 0 Å². The zero-order chi connectivity index (χ0) is 17.2. The third-order valence-electron chi connectivity index (χ3n) is 4.41. The van der Waals surface area contributed by atoms with Gasteiger partial charge in [0, 0.05) is 39.8 Å². The third-order valence-corrected chi connectivity index (χ3v) is 4.41. The highest BCUT2D eigenvalue weighted by Crippen LogP contribution is 2.15. The van der Waals surface area contributed by atoms with Crippen molar-refractivity contribution < 1.29 is 9.13 Å². The molecule has 5 nitrogen and oxygen atoms in total. The van der Waals surface area contributed by atoms with Crippen molar-refractivity contribution in [3.05, 3.63) is 35.6 Å². The SMILES string of the molecule is CN=C(NCCc1cccc(F)c1)NCC1CCCN1CCOC. The molecule has 0 saturated carbocycles. The quantitative estimate of drug-likeness (QED) is 0.560. The fraction of sp³-hybridized carbons (Fsp3) is 0.611. The summed E-state index contributed by atoms with van der Waals surface area (Å²) in [6.45, 7) is 4.50. The number of likely N-dealkylation sites (tertiary alicyclic amines) is 1. The van der Waals surface area contributed by atoms with Crippen LogP contribution in [0.25, 0.3) is 0 Å². The predicted molar refractivity (Wildman–Crippen MR) is 95.9 cm³/mol. The molecule has 1 aromatic carbocycles. The number of nitrogens with one attached hydrogen (secondary N) is 2. The molecule has 2 rings (SSSR count). The highest BCUT2D eigenvalue weighted by Gasteiger charge is 2.23. The van der Waals surface area contributed by atoms with Gasteiger partial charge in [-0.25, -0.2) is 4.39 Å². The summed E-state index contributed by atoms with van der Waals surface area (Å²) < 4.78 is 18.3. The van der Waals surface area contributed by atoms with Gasteiger partial charge in [-0.1, -0.05) is 12.1 Å². The molecule has 0 aromatic heterocycles. The molecule has 1 aliphatic rings. The van der Waals surface area contributed by atoms with Crippen LogP contribution in [0.5, 0.6) is 0 Å². The van der Waals surface area contributed by atoms with Crippen LogP contribution in [0.1, 0.15) is 18.4 Å². The first-order valence-electron chi connectivity index (χ1n) is 8.65. The molecule has 0 bridgehead atoms. The summed E-state index contributed by atoms with van der Waals surface area (Å²) in [6, 6.07) is 7.25.